The number of aryl methyl sites for hydroxylation is 1. The molecule has 35 heavy (non-hydrogen) atoms. The molecule has 0 aliphatic carbocycles. The van der Waals surface area contributed by atoms with Crippen LogP contribution in [0.1, 0.15) is 30.5 Å². The molecule has 7 heteroatoms. The van der Waals surface area contributed by atoms with Gasteiger partial charge in [-0.1, -0.05) is 55.5 Å². The van der Waals surface area contributed by atoms with E-state index in [1.807, 2.05) is 86.6 Å². The normalized spacial score (nSPS) is 11.8. The van der Waals surface area contributed by atoms with Crippen LogP contribution in [-0.2, 0) is 24.2 Å². The largest absolute Gasteiger partial charge is 0.490 e. The van der Waals surface area contributed by atoms with E-state index in [0.717, 1.165) is 23.2 Å². The first-order chi connectivity index (χ1) is 17.1. The van der Waals surface area contributed by atoms with Crippen LogP contribution in [-0.4, -0.2) is 21.9 Å². The second-order valence-corrected chi connectivity index (χ2v) is 8.31. The summed E-state index contributed by atoms with van der Waals surface area (Å²) in [5.41, 5.74) is 3.64. The number of carbonyl (C=O) groups excluding carboxylic acids is 1. The molecule has 0 saturated carbocycles. The van der Waals surface area contributed by atoms with Gasteiger partial charge in [-0.2, -0.15) is 0 Å². The third-order valence-corrected chi connectivity index (χ3v) is 6.08. The first kappa shape index (κ1) is 22.5. The van der Waals surface area contributed by atoms with Crippen molar-refractivity contribution in [3.63, 3.8) is 0 Å². The van der Waals surface area contributed by atoms with Crippen molar-refractivity contribution >= 4 is 11.6 Å². The summed E-state index contributed by atoms with van der Waals surface area (Å²) in [6, 6.07) is 22.7. The van der Waals surface area contributed by atoms with Crippen molar-refractivity contribution in [1.82, 2.24) is 9.36 Å². The molecule has 0 saturated heterocycles. The molecule has 0 unspecified atom stereocenters. The second kappa shape index (κ2) is 9.54. The number of para-hydroxylation sites is 3. The summed E-state index contributed by atoms with van der Waals surface area (Å²) in [5, 5.41) is 3.00. The minimum absolute atomic E-state index is 0.0936. The summed E-state index contributed by atoms with van der Waals surface area (Å²) in [6.07, 6.45) is 1.19. The molecule has 1 aromatic heterocycles. The fraction of sp³-hybridized carbons (Fsp3) is 0.214. The number of aromatic nitrogens is 2. The average molecular weight is 470 g/mol. The third kappa shape index (κ3) is 4.21. The van der Waals surface area contributed by atoms with Gasteiger partial charge in [-0.25, -0.2) is 9.36 Å². The fourth-order valence-electron chi connectivity index (χ4n) is 4.46. The predicted molar refractivity (Wildman–Crippen MR) is 135 cm³/mol. The van der Waals surface area contributed by atoms with Crippen LogP contribution in [0.15, 0.2) is 77.6 Å². The number of ether oxygens (including phenoxy) is 2. The summed E-state index contributed by atoms with van der Waals surface area (Å²) in [4.78, 5) is 26.8. The Hall–Kier alpha value is -4.26. The van der Waals surface area contributed by atoms with Crippen LogP contribution in [0.25, 0.3) is 5.69 Å². The molecule has 1 aliphatic rings. The van der Waals surface area contributed by atoms with Crippen molar-refractivity contribution in [1.29, 1.82) is 0 Å². The molecule has 3 aromatic carbocycles. The molecule has 4 aromatic rings. The van der Waals surface area contributed by atoms with Gasteiger partial charge in [-0.05, 0) is 43.2 Å². The zero-order valence-electron chi connectivity index (χ0n) is 19.8. The summed E-state index contributed by atoms with van der Waals surface area (Å²) in [5.74, 6) is 1.30. The van der Waals surface area contributed by atoms with E-state index in [9.17, 15) is 9.59 Å². The highest BCUT2D eigenvalue weighted by Gasteiger charge is 2.30. The molecule has 0 fully saturated rings. The highest BCUT2D eigenvalue weighted by atomic mass is 16.5. The average Bonchev–Trinajstić information content (AvgIpc) is 3.14. The molecule has 1 aliphatic heterocycles. The van der Waals surface area contributed by atoms with Crippen LogP contribution in [0.2, 0.25) is 0 Å². The Morgan fingerprint density at radius 1 is 1.00 bits per heavy atom. The van der Waals surface area contributed by atoms with Crippen molar-refractivity contribution in [2.45, 2.75) is 33.2 Å². The lowest BCUT2D eigenvalue weighted by atomic mass is 10.0. The molecule has 2 heterocycles. The number of carbonyl (C=O) groups is 1. The van der Waals surface area contributed by atoms with Gasteiger partial charge in [-0.15, -0.1) is 0 Å². The van der Waals surface area contributed by atoms with E-state index in [4.69, 9.17) is 9.47 Å². The first-order valence-corrected chi connectivity index (χ1v) is 11.8. The zero-order valence-corrected chi connectivity index (χ0v) is 19.8. The van der Waals surface area contributed by atoms with Crippen molar-refractivity contribution in [2.75, 3.05) is 11.9 Å². The van der Waals surface area contributed by atoms with Crippen molar-refractivity contribution < 1.29 is 14.3 Å². The van der Waals surface area contributed by atoms with Crippen LogP contribution in [0, 0.1) is 0 Å². The van der Waals surface area contributed by atoms with Crippen molar-refractivity contribution in [3.8, 4) is 23.1 Å². The van der Waals surface area contributed by atoms with E-state index in [1.54, 1.807) is 4.68 Å². The quantitative estimate of drug-likeness (QED) is 0.367. The van der Waals surface area contributed by atoms with Crippen LogP contribution in [0.4, 0.5) is 5.69 Å². The highest BCUT2D eigenvalue weighted by molar-refractivity contribution is 5.91. The minimum Gasteiger partial charge on any atom is -0.490 e. The number of amides is 1. The molecule has 0 atom stereocenters. The maximum absolute atomic E-state index is 13.6. The molecular formula is C28H27N3O4. The topological polar surface area (TPSA) is 74.5 Å². The number of nitrogens with one attached hydrogen (secondary N) is 1. The van der Waals surface area contributed by atoms with E-state index in [-0.39, 0.29) is 18.0 Å². The number of hydrogen-bond donors (Lipinski definition) is 1. The first-order valence-electron chi connectivity index (χ1n) is 11.8. The third-order valence-electron chi connectivity index (χ3n) is 6.08. The highest BCUT2D eigenvalue weighted by Crippen LogP contribution is 2.42. The molecule has 178 valence electrons. The fourth-order valence-corrected chi connectivity index (χ4v) is 4.46. The van der Waals surface area contributed by atoms with E-state index < -0.39 is 0 Å². The number of anilines is 1. The maximum atomic E-state index is 13.6. The van der Waals surface area contributed by atoms with Gasteiger partial charge in [0.1, 0.15) is 6.54 Å². The Labute approximate surface area is 203 Å². The van der Waals surface area contributed by atoms with Crippen molar-refractivity contribution in [2.24, 2.45) is 0 Å². The maximum Gasteiger partial charge on any atom is 0.278 e. The van der Waals surface area contributed by atoms with E-state index >= 15 is 0 Å². The van der Waals surface area contributed by atoms with Crippen LogP contribution >= 0.6 is 0 Å². The molecule has 0 radical (unpaired) electrons. The van der Waals surface area contributed by atoms with E-state index in [2.05, 4.69) is 5.32 Å². The number of rotatable bonds is 7. The molecule has 7 nitrogen and oxygen atoms in total. The molecule has 5 rings (SSSR count). The van der Waals surface area contributed by atoms with Gasteiger partial charge in [0.2, 0.25) is 11.8 Å². The van der Waals surface area contributed by atoms with E-state index in [0.29, 0.717) is 41.7 Å². The number of benzene rings is 3. The van der Waals surface area contributed by atoms with Gasteiger partial charge < -0.3 is 14.8 Å². The Morgan fingerprint density at radius 2 is 1.77 bits per heavy atom. The number of nitrogens with zero attached hydrogens (tertiary/aromatic N) is 2. The van der Waals surface area contributed by atoms with Gasteiger partial charge in [0.05, 0.1) is 17.9 Å². The Bertz CT molecular complexity index is 1440. The number of hydrogen-bond acceptors (Lipinski definition) is 4. The molecular weight excluding hydrogens is 442 g/mol. The smallest absolute Gasteiger partial charge is 0.278 e. The Kier molecular flexibility index (Phi) is 6.14. The lowest BCUT2D eigenvalue weighted by Crippen LogP contribution is -2.27. The second-order valence-electron chi connectivity index (χ2n) is 8.31. The standard InChI is InChI=1S/C28H27N3O4/c1-3-19-11-8-9-15-23(19)29-25(32)18-30-28-22(27(33)31(30)21-13-6-5-7-14-21)17-20-12-10-16-24(34-4-2)26(20)35-28/h5-16H,3-4,17-18H2,1-2H3,(H,29,32). The van der Waals surface area contributed by atoms with E-state index in [1.165, 1.54) is 4.68 Å². The number of fused-ring (bicyclic) bond motifs is 2. The van der Waals surface area contributed by atoms with Crippen molar-refractivity contribution in [3.05, 3.63) is 99.8 Å². The molecule has 0 spiro atoms. The monoisotopic (exact) mass is 469 g/mol. The molecule has 1 N–H and O–H groups in total. The predicted octanol–water partition coefficient (Wildman–Crippen LogP) is 4.94. The van der Waals surface area contributed by atoms with Gasteiger partial charge in [-0.3, -0.25) is 9.59 Å². The lowest BCUT2D eigenvalue weighted by molar-refractivity contribution is -0.117. The Balaban J connectivity index is 1.58. The Morgan fingerprint density at radius 3 is 2.54 bits per heavy atom. The van der Waals surface area contributed by atoms with Crippen LogP contribution in [0.5, 0.6) is 17.4 Å². The summed E-state index contributed by atoms with van der Waals surface area (Å²) in [6.45, 7) is 4.35. The van der Waals surface area contributed by atoms with Crippen LogP contribution < -0.4 is 20.3 Å². The summed E-state index contributed by atoms with van der Waals surface area (Å²) < 4.78 is 15.2. The van der Waals surface area contributed by atoms with Gasteiger partial charge in [0.25, 0.3) is 5.56 Å². The summed E-state index contributed by atoms with van der Waals surface area (Å²) >= 11 is 0. The zero-order chi connectivity index (χ0) is 24.4. The van der Waals surface area contributed by atoms with Gasteiger partial charge in [0, 0.05) is 17.7 Å². The van der Waals surface area contributed by atoms with Gasteiger partial charge >= 0.3 is 0 Å². The molecule has 0 bridgehead atoms. The van der Waals surface area contributed by atoms with Crippen LogP contribution in [0.3, 0.4) is 0 Å². The van der Waals surface area contributed by atoms with Gasteiger partial charge in [0.15, 0.2) is 11.5 Å². The summed E-state index contributed by atoms with van der Waals surface area (Å²) in [7, 11) is 0. The lowest BCUT2D eigenvalue weighted by Gasteiger charge is -2.21. The molecule has 1 amide bonds. The minimum atomic E-state index is -0.249. The SMILES string of the molecule is CCOc1cccc2c1Oc1c(c(=O)n(-c3ccccc3)n1CC(=O)Nc1ccccc1CC)C2.